The van der Waals surface area contributed by atoms with E-state index in [0.29, 0.717) is 15.9 Å². The molecule has 0 fully saturated rings. The number of aliphatic hydroxyl groups excluding tert-OH is 1. The van der Waals surface area contributed by atoms with E-state index in [1.54, 1.807) is 19.1 Å². The molecule has 2 aromatic rings. The van der Waals surface area contributed by atoms with E-state index in [9.17, 15) is 5.11 Å². The molecule has 0 aliphatic rings. The zero-order valence-electron chi connectivity index (χ0n) is 8.01. The van der Waals surface area contributed by atoms with Gasteiger partial charge < -0.3 is 5.11 Å². The molecule has 3 nitrogen and oxygen atoms in total. The smallest absolute Gasteiger partial charge is 0.173 e. The molecule has 0 aliphatic heterocycles. The normalized spacial score (nSPS) is 12.7. The van der Waals surface area contributed by atoms with Crippen molar-refractivity contribution in [1.29, 1.82) is 0 Å². The van der Waals surface area contributed by atoms with Gasteiger partial charge >= 0.3 is 0 Å². The van der Waals surface area contributed by atoms with Crippen LogP contribution >= 0.6 is 23.1 Å². The third kappa shape index (κ3) is 2.34. The maximum atomic E-state index is 9.31. The fourth-order valence-corrected chi connectivity index (χ4v) is 1.85. The predicted molar refractivity (Wildman–Crippen MR) is 61.0 cm³/mol. The van der Waals surface area contributed by atoms with E-state index in [4.69, 9.17) is 11.6 Å². The second kappa shape index (κ2) is 4.26. The van der Waals surface area contributed by atoms with Gasteiger partial charge in [-0.05, 0) is 42.7 Å². The number of halogens is 1. The third-order valence-electron chi connectivity index (χ3n) is 1.90. The Morgan fingerprint density at radius 1 is 1.33 bits per heavy atom. The molecule has 2 rings (SSSR count). The standard InChI is InChI=1S/C10H9ClN2OS/c1-6(14)10-12-9(13-15-10)7-2-4-8(11)5-3-7/h2-6,14H,1H3. The number of rotatable bonds is 2. The topological polar surface area (TPSA) is 46.0 Å². The first kappa shape index (κ1) is 10.5. The summed E-state index contributed by atoms with van der Waals surface area (Å²) in [5, 5.41) is 10.6. The Kier molecular flexibility index (Phi) is 3.00. The molecule has 0 radical (unpaired) electrons. The van der Waals surface area contributed by atoms with Crippen molar-refractivity contribution < 1.29 is 5.11 Å². The van der Waals surface area contributed by atoms with Crippen LogP contribution in [0, 0.1) is 0 Å². The van der Waals surface area contributed by atoms with E-state index in [-0.39, 0.29) is 0 Å². The molecule has 0 amide bonds. The highest BCUT2D eigenvalue weighted by Gasteiger charge is 2.09. The van der Waals surface area contributed by atoms with Crippen molar-refractivity contribution >= 4 is 23.1 Å². The number of hydrogen-bond acceptors (Lipinski definition) is 4. The minimum absolute atomic E-state index is 0.566. The Balaban J connectivity index is 2.33. The molecule has 1 heterocycles. The van der Waals surface area contributed by atoms with Gasteiger partial charge in [0.25, 0.3) is 0 Å². The van der Waals surface area contributed by atoms with Crippen molar-refractivity contribution in [2.45, 2.75) is 13.0 Å². The molecule has 1 unspecified atom stereocenters. The molecule has 1 aromatic carbocycles. The second-order valence-electron chi connectivity index (χ2n) is 3.14. The summed E-state index contributed by atoms with van der Waals surface area (Å²) in [4.78, 5) is 4.22. The highest BCUT2D eigenvalue weighted by atomic mass is 35.5. The van der Waals surface area contributed by atoms with Gasteiger partial charge in [0, 0.05) is 10.6 Å². The number of hydrogen-bond donors (Lipinski definition) is 1. The van der Waals surface area contributed by atoms with Crippen LogP contribution in [0.4, 0.5) is 0 Å². The summed E-state index contributed by atoms with van der Waals surface area (Å²) in [5.74, 6) is 0.632. The summed E-state index contributed by atoms with van der Waals surface area (Å²) in [7, 11) is 0. The summed E-state index contributed by atoms with van der Waals surface area (Å²) in [6.45, 7) is 1.67. The fourth-order valence-electron chi connectivity index (χ4n) is 1.12. The average molecular weight is 241 g/mol. The van der Waals surface area contributed by atoms with Crippen molar-refractivity contribution in [2.75, 3.05) is 0 Å². The molecule has 1 N–H and O–H groups in total. The van der Waals surface area contributed by atoms with E-state index in [1.807, 2.05) is 12.1 Å². The first-order valence-electron chi connectivity index (χ1n) is 4.44. The Morgan fingerprint density at radius 2 is 2.00 bits per heavy atom. The van der Waals surface area contributed by atoms with Crippen molar-refractivity contribution in [3.05, 3.63) is 34.3 Å². The maximum Gasteiger partial charge on any atom is 0.173 e. The molecular formula is C10H9ClN2OS. The Bertz CT molecular complexity index is 453. The van der Waals surface area contributed by atoms with Gasteiger partial charge in [0.2, 0.25) is 0 Å². The molecule has 15 heavy (non-hydrogen) atoms. The van der Waals surface area contributed by atoms with Crippen LogP contribution in [0.2, 0.25) is 5.02 Å². The van der Waals surface area contributed by atoms with E-state index in [1.165, 1.54) is 11.5 Å². The SMILES string of the molecule is CC(O)c1nc(-c2ccc(Cl)cc2)ns1. The first-order valence-corrected chi connectivity index (χ1v) is 5.59. The Morgan fingerprint density at radius 3 is 2.53 bits per heavy atom. The van der Waals surface area contributed by atoms with Crippen LogP contribution in [0.15, 0.2) is 24.3 Å². The van der Waals surface area contributed by atoms with Crippen LogP contribution < -0.4 is 0 Å². The molecule has 1 aromatic heterocycles. The maximum absolute atomic E-state index is 9.31. The minimum Gasteiger partial charge on any atom is -0.386 e. The summed E-state index contributed by atoms with van der Waals surface area (Å²) in [6, 6.07) is 7.30. The van der Waals surface area contributed by atoms with Gasteiger partial charge in [-0.25, -0.2) is 4.98 Å². The Labute approximate surface area is 96.5 Å². The van der Waals surface area contributed by atoms with Gasteiger partial charge in [-0.1, -0.05) is 11.6 Å². The summed E-state index contributed by atoms with van der Waals surface area (Å²) in [6.07, 6.45) is -0.566. The van der Waals surface area contributed by atoms with Gasteiger partial charge in [-0.3, -0.25) is 0 Å². The fraction of sp³-hybridized carbons (Fsp3) is 0.200. The summed E-state index contributed by atoms with van der Waals surface area (Å²) < 4.78 is 4.16. The molecule has 1 atom stereocenters. The number of nitrogens with zero attached hydrogens (tertiary/aromatic N) is 2. The van der Waals surface area contributed by atoms with Gasteiger partial charge in [0.1, 0.15) is 11.1 Å². The molecule has 0 bridgehead atoms. The predicted octanol–water partition coefficient (Wildman–Crippen LogP) is 2.91. The van der Waals surface area contributed by atoms with Crippen LogP contribution in [0.25, 0.3) is 11.4 Å². The van der Waals surface area contributed by atoms with Crippen molar-refractivity contribution in [3.63, 3.8) is 0 Å². The lowest BCUT2D eigenvalue weighted by atomic mass is 10.2. The molecule has 78 valence electrons. The number of aliphatic hydroxyl groups is 1. The molecule has 5 heteroatoms. The van der Waals surface area contributed by atoms with Crippen LogP contribution in [-0.4, -0.2) is 14.5 Å². The lowest BCUT2D eigenvalue weighted by Crippen LogP contribution is -1.89. The first-order chi connectivity index (χ1) is 7.16. The van der Waals surface area contributed by atoms with Crippen molar-refractivity contribution in [1.82, 2.24) is 9.36 Å². The van der Waals surface area contributed by atoms with Crippen molar-refractivity contribution in [2.24, 2.45) is 0 Å². The largest absolute Gasteiger partial charge is 0.386 e. The van der Waals surface area contributed by atoms with Crippen molar-refractivity contribution in [3.8, 4) is 11.4 Å². The van der Waals surface area contributed by atoms with Gasteiger partial charge in [-0.15, -0.1) is 0 Å². The van der Waals surface area contributed by atoms with Crippen LogP contribution in [-0.2, 0) is 0 Å². The highest BCUT2D eigenvalue weighted by molar-refractivity contribution is 7.05. The van der Waals surface area contributed by atoms with Crippen LogP contribution in [0.5, 0.6) is 0 Å². The van der Waals surface area contributed by atoms with Gasteiger partial charge in [0.15, 0.2) is 5.82 Å². The summed E-state index contributed by atoms with van der Waals surface area (Å²) in [5.41, 5.74) is 0.905. The molecule has 0 aliphatic carbocycles. The van der Waals surface area contributed by atoms with Crippen LogP contribution in [0.1, 0.15) is 18.0 Å². The monoisotopic (exact) mass is 240 g/mol. The summed E-state index contributed by atoms with van der Waals surface area (Å²) >= 11 is 6.99. The lowest BCUT2D eigenvalue weighted by Gasteiger charge is -1.96. The molecule has 0 spiro atoms. The van der Waals surface area contributed by atoms with E-state index in [0.717, 1.165) is 5.56 Å². The van der Waals surface area contributed by atoms with E-state index in [2.05, 4.69) is 9.36 Å². The van der Waals surface area contributed by atoms with E-state index < -0.39 is 6.10 Å². The van der Waals surface area contributed by atoms with Crippen LogP contribution in [0.3, 0.4) is 0 Å². The average Bonchev–Trinajstić information content (AvgIpc) is 2.68. The van der Waals surface area contributed by atoms with Gasteiger partial charge in [-0.2, -0.15) is 4.37 Å². The molecular weight excluding hydrogens is 232 g/mol. The molecule has 0 saturated heterocycles. The molecule has 0 saturated carbocycles. The quantitative estimate of drug-likeness (QED) is 0.878. The zero-order valence-corrected chi connectivity index (χ0v) is 9.59. The number of benzene rings is 1. The van der Waals surface area contributed by atoms with Gasteiger partial charge in [0.05, 0.1) is 0 Å². The van der Waals surface area contributed by atoms with E-state index >= 15 is 0 Å². The zero-order chi connectivity index (χ0) is 10.8. The second-order valence-corrected chi connectivity index (χ2v) is 4.36. The lowest BCUT2D eigenvalue weighted by molar-refractivity contribution is 0.199. The number of aromatic nitrogens is 2. The Hall–Kier alpha value is -0.970. The third-order valence-corrected chi connectivity index (χ3v) is 3.04. The minimum atomic E-state index is -0.566. The highest BCUT2D eigenvalue weighted by Crippen LogP contribution is 2.22.